The average Bonchev–Trinajstić information content (AvgIpc) is 2.46. The highest BCUT2D eigenvalue weighted by atomic mass is 16.5. The molecule has 0 bridgehead atoms. The molecule has 0 fully saturated rings. The van der Waals surface area contributed by atoms with Crippen molar-refractivity contribution in [2.75, 3.05) is 7.11 Å². The van der Waals surface area contributed by atoms with E-state index < -0.39 is 0 Å². The van der Waals surface area contributed by atoms with Crippen LogP contribution >= 0.6 is 0 Å². The minimum absolute atomic E-state index is 0.00763. The number of hydrogen-bond donors (Lipinski definition) is 0. The van der Waals surface area contributed by atoms with E-state index in [1.165, 1.54) is 0 Å². The first kappa shape index (κ1) is 13.3. The first-order valence-corrected chi connectivity index (χ1v) is 6.41. The maximum Gasteiger partial charge on any atom is 0.166 e. The number of hydrogen-bond acceptors (Lipinski definition) is 2. The SMILES string of the molecule is COc1cccc(-c2ccccc2C(=O)C(C)C)c1. The Hall–Kier alpha value is -2.09. The van der Waals surface area contributed by atoms with Gasteiger partial charge in [0.1, 0.15) is 5.75 Å². The molecule has 0 aromatic heterocycles. The number of carbonyl (C=O) groups excluding carboxylic acids is 1. The molecule has 0 heterocycles. The number of ether oxygens (including phenoxy) is 1. The summed E-state index contributed by atoms with van der Waals surface area (Å²) in [5, 5.41) is 0. The number of carbonyl (C=O) groups is 1. The van der Waals surface area contributed by atoms with Gasteiger partial charge in [0.15, 0.2) is 5.78 Å². The monoisotopic (exact) mass is 254 g/mol. The van der Waals surface area contributed by atoms with Gasteiger partial charge in [-0.1, -0.05) is 50.2 Å². The third kappa shape index (κ3) is 2.84. The molecule has 98 valence electrons. The molecule has 2 aromatic rings. The van der Waals surface area contributed by atoms with Gasteiger partial charge in [0.2, 0.25) is 0 Å². The predicted molar refractivity (Wildman–Crippen MR) is 77.6 cm³/mol. The van der Waals surface area contributed by atoms with E-state index in [1.807, 2.05) is 62.4 Å². The fourth-order valence-corrected chi connectivity index (χ4v) is 2.05. The number of Topliss-reactive ketones (excluding diaryl/α,β-unsaturated/α-hetero) is 1. The Kier molecular flexibility index (Phi) is 4.00. The second-order valence-corrected chi connectivity index (χ2v) is 4.80. The van der Waals surface area contributed by atoms with Gasteiger partial charge in [0.05, 0.1) is 7.11 Å². The summed E-state index contributed by atoms with van der Waals surface area (Å²) in [5.41, 5.74) is 2.73. The fourth-order valence-electron chi connectivity index (χ4n) is 2.05. The summed E-state index contributed by atoms with van der Waals surface area (Å²) in [6.45, 7) is 3.84. The highest BCUT2D eigenvalue weighted by Gasteiger charge is 2.15. The van der Waals surface area contributed by atoms with E-state index in [0.717, 1.165) is 22.4 Å². The zero-order valence-corrected chi connectivity index (χ0v) is 11.5. The molecule has 0 radical (unpaired) electrons. The molecule has 0 unspecified atom stereocenters. The van der Waals surface area contributed by atoms with E-state index in [-0.39, 0.29) is 11.7 Å². The van der Waals surface area contributed by atoms with Crippen molar-refractivity contribution in [3.63, 3.8) is 0 Å². The van der Waals surface area contributed by atoms with Crippen LogP contribution in [0.25, 0.3) is 11.1 Å². The molecular weight excluding hydrogens is 236 g/mol. The van der Waals surface area contributed by atoms with E-state index >= 15 is 0 Å². The van der Waals surface area contributed by atoms with Crippen molar-refractivity contribution in [3.05, 3.63) is 54.1 Å². The topological polar surface area (TPSA) is 26.3 Å². The van der Waals surface area contributed by atoms with Crippen molar-refractivity contribution in [1.82, 2.24) is 0 Å². The largest absolute Gasteiger partial charge is 0.497 e. The van der Waals surface area contributed by atoms with Gasteiger partial charge < -0.3 is 4.74 Å². The van der Waals surface area contributed by atoms with Crippen LogP contribution in [0.1, 0.15) is 24.2 Å². The highest BCUT2D eigenvalue weighted by Crippen LogP contribution is 2.28. The van der Waals surface area contributed by atoms with Crippen LogP contribution in [0.15, 0.2) is 48.5 Å². The van der Waals surface area contributed by atoms with Crippen LogP contribution in [0.3, 0.4) is 0 Å². The Morgan fingerprint density at radius 3 is 2.47 bits per heavy atom. The molecule has 19 heavy (non-hydrogen) atoms. The molecule has 0 aliphatic heterocycles. The summed E-state index contributed by atoms with van der Waals surface area (Å²) in [4.78, 5) is 12.3. The molecule has 0 spiro atoms. The first-order chi connectivity index (χ1) is 9.13. The minimum atomic E-state index is -0.00763. The lowest BCUT2D eigenvalue weighted by atomic mass is 9.92. The Balaban J connectivity index is 2.53. The summed E-state index contributed by atoms with van der Waals surface area (Å²) >= 11 is 0. The van der Waals surface area contributed by atoms with Crippen LogP contribution in [0.5, 0.6) is 5.75 Å². The smallest absolute Gasteiger partial charge is 0.166 e. The zero-order valence-electron chi connectivity index (χ0n) is 11.5. The van der Waals surface area contributed by atoms with Crippen LogP contribution in [0, 0.1) is 5.92 Å². The summed E-state index contributed by atoms with van der Waals surface area (Å²) in [5.74, 6) is 0.953. The van der Waals surface area contributed by atoms with Crippen molar-refractivity contribution in [3.8, 4) is 16.9 Å². The lowest BCUT2D eigenvalue weighted by molar-refractivity contribution is 0.0940. The van der Waals surface area contributed by atoms with Gasteiger partial charge in [-0.2, -0.15) is 0 Å². The van der Waals surface area contributed by atoms with Crippen molar-refractivity contribution >= 4 is 5.78 Å². The van der Waals surface area contributed by atoms with Crippen LogP contribution in [-0.4, -0.2) is 12.9 Å². The Morgan fingerprint density at radius 2 is 1.79 bits per heavy atom. The molecule has 0 N–H and O–H groups in total. The predicted octanol–water partition coefficient (Wildman–Crippen LogP) is 4.20. The molecule has 0 saturated heterocycles. The normalized spacial score (nSPS) is 10.5. The molecule has 2 nitrogen and oxygen atoms in total. The molecule has 0 saturated carbocycles. The van der Waals surface area contributed by atoms with Gasteiger partial charge in [0.25, 0.3) is 0 Å². The summed E-state index contributed by atoms with van der Waals surface area (Å²) in [7, 11) is 1.64. The maximum atomic E-state index is 12.3. The van der Waals surface area contributed by atoms with E-state index in [4.69, 9.17) is 4.74 Å². The van der Waals surface area contributed by atoms with E-state index in [0.29, 0.717) is 0 Å². The van der Waals surface area contributed by atoms with Crippen LogP contribution in [0.4, 0.5) is 0 Å². The number of methoxy groups -OCH3 is 1. The third-order valence-electron chi connectivity index (χ3n) is 3.10. The lowest BCUT2D eigenvalue weighted by Crippen LogP contribution is -2.08. The fraction of sp³-hybridized carbons (Fsp3) is 0.235. The Bertz CT molecular complexity index is 585. The van der Waals surface area contributed by atoms with Crippen molar-refractivity contribution in [1.29, 1.82) is 0 Å². The van der Waals surface area contributed by atoms with Crippen LogP contribution in [-0.2, 0) is 0 Å². The highest BCUT2D eigenvalue weighted by molar-refractivity contribution is 6.03. The zero-order chi connectivity index (χ0) is 13.8. The molecule has 0 aliphatic rings. The standard InChI is InChI=1S/C17H18O2/c1-12(2)17(18)16-10-5-4-9-15(16)13-7-6-8-14(11-13)19-3/h4-12H,1-3H3. The number of benzene rings is 2. The quantitative estimate of drug-likeness (QED) is 0.764. The van der Waals surface area contributed by atoms with Crippen LogP contribution < -0.4 is 4.74 Å². The molecular formula is C17H18O2. The van der Waals surface area contributed by atoms with Crippen molar-refractivity contribution < 1.29 is 9.53 Å². The van der Waals surface area contributed by atoms with Gasteiger partial charge in [0, 0.05) is 11.5 Å². The second kappa shape index (κ2) is 5.70. The molecule has 2 heteroatoms. The van der Waals surface area contributed by atoms with Gasteiger partial charge in [-0.15, -0.1) is 0 Å². The second-order valence-electron chi connectivity index (χ2n) is 4.80. The van der Waals surface area contributed by atoms with E-state index in [2.05, 4.69) is 0 Å². The maximum absolute atomic E-state index is 12.3. The summed E-state index contributed by atoms with van der Waals surface area (Å²) < 4.78 is 5.24. The summed E-state index contributed by atoms with van der Waals surface area (Å²) in [6.07, 6.45) is 0. The van der Waals surface area contributed by atoms with Gasteiger partial charge in [-0.25, -0.2) is 0 Å². The van der Waals surface area contributed by atoms with Gasteiger partial charge in [-0.05, 0) is 23.3 Å². The summed E-state index contributed by atoms with van der Waals surface area (Å²) in [6, 6.07) is 15.5. The van der Waals surface area contributed by atoms with E-state index in [9.17, 15) is 4.79 Å². The Morgan fingerprint density at radius 1 is 1.05 bits per heavy atom. The molecule has 2 aromatic carbocycles. The Labute approximate surface area is 114 Å². The van der Waals surface area contributed by atoms with Crippen LogP contribution in [0.2, 0.25) is 0 Å². The van der Waals surface area contributed by atoms with Gasteiger partial charge in [-0.3, -0.25) is 4.79 Å². The number of rotatable bonds is 4. The van der Waals surface area contributed by atoms with E-state index in [1.54, 1.807) is 7.11 Å². The third-order valence-corrected chi connectivity index (χ3v) is 3.10. The molecule has 0 aliphatic carbocycles. The van der Waals surface area contributed by atoms with Gasteiger partial charge >= 0.3 is 0 Å². The van der Waals surface area contributed by atoms with Crippen molar-refractivity contribution in [2.45, 2.75) is 13.8 Å². The average molecular weight is 254 g/mol. The minimum Gasteiger partial charge on any atom is -0.497 e. The first-order valence-electron chi connectivity index (χ1n) is 6.41. The molecule has 0 amide bonds. The lowest BCUT2D eigenvalue weighted by Gasteiger charge is -2.11. The molecule has 2 rings (SSSR count). The van der Waals surface area contributed by atoms with Crippen molar-refractivity contribution in [2.24, 2.45) is 5.92 Å². The number of ketones is 1. The molecule has 0 atom stereocenters.